The summed E-state index contributed by atoms with van der Waals surface area (Å²) in [7, 11) is 0. The molecule has 19 heavy (non-hydrogen) atoms. The maximum atomic E-state index is 11.8. The highest BCUT2D eigenvalue weighted by atomic mass is 16.4. The van der Waals surface area contributed by atoms with E-state index in [9.17, 15) is 4.79 Å². The van der Waals surface area contributed by atoms with Crippen molar-refractivity contribution >= 4 is 16.8 Å². The number of rotatable bonds is 3. The van der Waals surface area contributed by atoms with Crippen LogP contribution in [0.1, 0.15) is 5.56 Å². The van der Waals surface area contributed by atoms with Gasteiger partial charge < -0.3 is 10.2 Å². The average Bonchev–Trinajstić information content (AvgIpc) is 2.73. The molecule has 0 bridgehead atoms. The Balaban J connectivity index is 1.94. The van der Waals surface area contributed by atoms with Gasteiger partial charge in [0.25, 0.3) is 0 Å². The number of aromatic nitrogens is 2. The van der Waals surface area contributed by atoms with Gasteiger partial charge in [-0.05, 0) is 36.2 Å². The number of aryl methyl sites for hydroxylation is 2. The van der Waals surface area contributed by atoms with Crippen LogP contribution in [0.15, 0.2) is 51.9 Å². The molecule has 2 heterocycles. The molecule has 0 aliphatic rings. The van der Waals surface area contributed by atoms with Crippen LogP contribution in [0.4, 0.5) is 5.69 Å². The highest BCUT2D eigenvalue weighted by molar-refractivity contribution is 5.76. The SMILES string of the molecule is Nc1ccc2oc(=O)n(CCc3cccnc3)c2c1. The van der Waals surface area contributed by atoms with Crippen molar-refractivity contribution in [3.63, 3.8) is 0 Å². The Labute approximate surface area is 109 Å². The fourth-order valence-electron chi connectivity index (χ4n) is 2.08. The summed E-state index contributed by atoms with van der Waals surface area (Å²) in [5, 5.41) is 0. The summed E-state index contributed by atoms with van der Waals surface area (Å²) in [6.07, 6.45) is 4.24. The third-order valence-corrected chi connectivity index (χ3v) is 3.04. The number of nitrogens with zero attached hydrogens (tertiary/aromatic N) is 2. The van der Waals surface area contributed by atoms with Crippen molar-refractivity contribution < 1.29 is 4.42 Å². The van der Waals surface area contributed by atoms with Crippen LogP contribution < -0.4 is 11.5 Å². The second kappa shape index (κ2) is 4.61. The number of hydrogen-bond acceptors (Lipinski definition) is 4. The minimum Gasteiger partial charge on any atom is -0.408 e. The summed E-state index contributed by atoms with van der Waals surface area (Å²) >= 11 is 0. The van der Waals surface area contributed by atoms with Gasteiger partial charge in [-0.25, -0.2) is 4.79 Å². The molecule has 96 valence electrons. The molecule has 0 aliphatic heterocycles. The van der Waals surface area contributed by atoms with Gasteiger partial charge in [-0.2, -0.15) is 0 Å². The molecule has 2 N–H and O–H groups in total. The quantitative estimate of drug-likeness (QED) is 0.724. The van der Waals surface area contributed by atoms with Gasteiger partial charge in [-0.15, -0.1) is 0 Å². The van der Waals surface area contributed by atoms with E-state index in [0.29, 0.717) is 17.8 Å². The van der Waals surface area contributed by atoms with Crippen LogP contribution in [0.5, 0.6) is 0 Å². The molecule has 5 heteroatoms. The van der Waals surface area contributed by atoms with E-state index in [1.54, 1.807) is 35.2 Å². The molecule has 1 aromatic carbocycles. The average molecular weight is 255 g/mol. The van der Waals surface area contributed by atoms with Crippen molar-refractivity contribution in [2.24, 2.45) is 0 Å². The minimum atomic E-state index is -0.357. The molecule has 0 saturated heterocycles. The molecule has 0 amide bonds. The molecule has 0 fully saturated rings. The van der Waals surface area contributed by atoms with Gasteiger partial charge in [0.2, 0.25) is 0 Å². The fourth-order valence-corrected chi connectivity index (χ4v) is 2.08. The summed E-state index contributed by atoms with van der Waals surface area (Å²) in [6, 6.07) is 9.05. The topological polar surface area (TPSA) is 74.0 Å². The Morgan fingerprint density at radius 3 is 3.00 bits per heavy atom. The first kappa shape index (κ1) is 11.5. The number of benzene rings is 1. The van der Waals surface area contributed by atoms with Crippen LogP contribution in [0.3, 0.4) is 0 Å². The monoisotopic (exact) mass is 255 g/mol. The maximum Gasteiger partial charge on any atom is 0.419 e. The predicted molar refractivity (Wildman–Crippen MR) is 72.8 cm³/mol. The summed E-state index contributed by atoms with van der Waals surface area (Å²) in [4.78, 5) is 15.9. The molecule has 3 rings (SSSR count). The normalized spacial score (nSPS) is 10.9. The Kier molecular flexibility index (Phi) is 2.79. The molecule has 5 nitrogen and oxygen atoms in total. The molecule has 0 radical (unpaired) electrons. The first-order valence-electron chi connectivity index (χ1n) is 6.02. The largest absolute Gasteiger partial charge is 0.419 e. The fraction of sp³-hybridized carbons (Fsp3) is 0.143. The zero-order chi connectivity index (χ0) is 13.2. The van der Waals surface area contributed by atoms with E-state index in [4.69, 9.17) is 10.2 Å². The van der Waals surface area contributed by atoms with Gasteiger partial charge in [0.15, 0.2) is 5.58 Å². The molecule has 0 aliphatic carbocycles. The number of hydrogen-bond donors (Lipinski definition) is 1. The van der Waals surface area contributed by atoms with Gasteiger partial charge in [0.1, 0.15) is 0 Å². The summed E-state index contributed by atoms with van der Waals surface area (Å²) < 4.78 is 6.77. The van der Waals surface area contributed by atoms with Crippen LogP contribution in [0.2, 0.25) is 0 Å². The maximum absolute atomic E-state index is 11.8. The molecule has 2 aromatic heterocycles. The summed E-state index contributed by atoms with van der Waals surface area (Å²) in [5.41, 5.74) is 8.72. The lowest BCUT2D eigenvalue weighted by atomic mass is 10.2. The highest BCUT2D eigenvalue weighted by Crippen LogP contribution is 2.16. The van der Waals surface area contributed by atoms with E-state index in [0.717, 1.165) is 17.5 Å². The highest BCUT2D eigenvalue weighted by Gasteiger charge is 2.09. The third-order valence-electron chi connectivity index (χ3n) is 3.04. The number of fused-ring (bicyclic) bond motifs is 1. The zero-order valence-corrected chi connectivity index (χ0v) is 10.2. The van der Waals surface area contributed by atoms with Crippen molar-refractivity contribution in [3.05, 3.63) is 58.8 Å². The number of nitrogen functional groups attached to an aromatic ring is 1. The Hall–Kier alpha value is -2.56. The van der Waals surface area contributed by atoms with E-state index < -0.39 is 0 Å². The molecule has 0 spiro atoms. The minimum absolute atomic E-state index is 0.357. The zero-order valence-electron chi connectivity index (χ0n) is 10.2. The molecule has 0 saturated carbocycles. The van der Waals surface area contributed by atoms with E-state index in [1.807, 2.05) is 12.1 Å². The molecule has 0 atom stereocenters. The Morgan fingerprint density at radius 2 is 2.21 bits per heavy atom. The molecular weight excluding hydrogens is 242 g/mol. The molecular formula is C14H13N3O2. The van der Waals surface area contributed by atoms with Crippen LogP contribution in [0, 0.1) is 0 Å². The van der Waals surface area contributed by atoms with Crippen LogP contribution >= 0.6 is 0 Å². The van der Waals surface area contributed by atoms with E-state index in [-0.39, 0.29) is 5.76 Å². The number of pyridine rings is 1. The van der Waals surface area contributed by atoms with Crippen LogP contribution in [-0.4, -0.2) is 9.55 Å². The van der Waals surface area contributed by atoms with Gasteiger partial charge in [0, 0.05) is 24.6 Å². The smallest absolute Gasteiger partial charge is 0.408 e. The Bertz CT molecular complexity index is 759. The summed E-state index contributed by atoms with van der Waals surface area (Å²) in [5.74, 6) is -0.357. The predicted octanol–water partition coefficient (Wildman–Crippen LogP) is 1.81. The van der Waals surface area contributed by atoms with Gasteiger partial charge in [-0.1, -0.05) is 6.07 Å². The van der Waals surface area contributed by atoms with Crippen molar-refractivity contribution in [3.8, 4) is 0 Å². The van der Waals surface area contributed by atoms with Gasteiger partial charge >= 0.3 is 5.76 Å². The molecule has 0 unspecified atom stereocenters. The molecule has 3 aromatic rings. The van der Waals surface area contributed by atoms with E-state index in [2.05, 4.69) is 4.98 Å². The van der Waals surface area contributed by atoms with Crippen LogP contribution in [-0.2, 0) is 13.0 Å². The lowest BCUT2D eigenvalue weighted by molar-refractivity contribution is 0.505. The van der Waals surface area contributed by atoms with Crippen molar-refractivity contribution in [2.45, 2.75) is 13.0 Å². The number of anilines is 1. The van der Waals surface area contributed by atoms with E-state index in [1.165, 1.54) is 0 Å². The van der Waals surface area contributed by atoms with Crippen molar-refractivity contribution in [1.29, 1.82) is 0 Å². The summed E-state index contributed by atoms with van der Waals surface area (Å²) in [6.45, 7) is 0.543. The third kappa shape index (κ3) is 2.22. The van der Waals surface area contributed by atoms with Crippen molar-refractivity contribution in [2.75, 3.05) is 5.73 Å². The van der Waals surface area contributed by atoms with E-state index >= 15 is 0 Å². The lowest BCUT2D eigenvalue weighted by Crippen LogP contribution is -2.15. The lowest BCUT2D eigenvalue weighted by Gasteiger charge is -2.02. The first-order valence-corrected chi connectivity index (χ1v) is 6.02. The van der Waals surface area contributed by atoms with Gasteiger partial charge in [0.05, 0.1) is 5.52 Å². The Morgan fingerprint density at radius 1 is 1.32 bits per heavy atom. The van der Waals surface area contributed by atoms with Crippen molar-refractivity contribution in [1.82, 2.24) is 9.55 Å². The number of oxazole rings is 1. The second-order valence-electron chi connectivity index (χ2n) is 4.36. The van der Waals surface area contributed by atoms with Crippen LogP contribution in [0.25, 0.3) is 11.1 Å². The van der Waals surface area contributed by atoms with Gasteiger partial charge in [-0.3, -0.25) is 9.55 Å². The first-order chi connectivity index (χ1) is 9.24. The second-order valence-corrected chi connectivity index (χ2v) is 4.36. The standard InChI is InChI=1S/C14H13N3O2/c15-11-3-4-13-12(8-11)17(14(18)19-13)7-5-10-2-1-6-16-9-10/h1-4,6,8-9H,5,7,15H2. The number of nitrogens with two attached hydrogens (primary N) is 1.